The van der Waals surface area contributed by atoms with E-state index < -0.39 is 0 Å². The average Bonchev–Trinajstić information content (AvgIpc) is 2.20. The van der Waals surface area contributed by atoms with Crippen molar-refractivity contribution in [1.29, 1.82) is 0 Å². The summed E-state index contributed by atoms with van der Waals surface area (Å²) in [6.45, 7) is 3.85. The number of rotatable bonds is 4. The summed E-state index contributed by atoms with van der Waals surface area (Å²) in [4.78, 5) is 11.4. The van der Waals surface area contributed by atoms with Crippen molar-refractivity contribution >= 4 is 5.78 Å². The van der Waals surface area contributed by atoms with Crippen LogP contribution in [0.15, 0.2) is 30.4 Å². The highest BCUT2D eigenvalue weighted by atomic mass is 19.1. The van der Waals surface area contributed by atoms with E-state index in [2.05, 4.69) is 0 Å². The molecule has 0 spiro atoms. The zero-order valence-electron chi connectivity index (χ0n) is 9.09. The first kappa shape index (κ1) is 11.6. The molecular weight excluding hydrogens is 191 g/mol. The lowest BCUT2D eigenvalue weighted by atomic mass is 10.0. The smallest absolute Gasteiger partial charge is 0.159 e. The lowest BCUT2D eigenvalue weighted by molar-refractivity contribution is -0.114. The molecule has 0 aliphatic rings. The first-order valence-corrected chi connectivity index (χ1v) is 5.08. The van der Waals surface area contributed by atoms with Crippen LogP contribution in [0.4, 0.5) is 4.39 Å². The number of ketones is 1. The Morgan fingerprint density at radius 3 is 2.87 bits per heavy atom. The molecule has 0 aliphatic heterocycles. The molecule has 0 saturated heterocycles. The van der Waals surface area contributed by atoms with E-state index in [0.29, 0.717) is 0 Å². The topological polar surface area (TPSA) is 17.1 Å². The SMILES string of the molecule is CC/C=C/C(=O)Cc1cc(F)ccc1C. The Morgan fingerprint density at radius 1 is 1.47 bits per heavy atom. The van der Waals surface area contributed by atoms with Gasteiger partial charge >= 0.3 is 0 Å². The fourth-order valence-electron chi connectivity index (χ4n) is 1.33. The maximum absolute atomic E-state index is 12.9. The van der Waals surface area contributed by atoms with Crippen LogP contribution in [0.1, 0.15) is 24.5 Å². The molecule has 0 unspecified atom stereocenters. The number of halogens is 1. The number of carbonyl (C=O) groups excluding carboxylic acids is 1. The van der Waals surface area contributed by atoms with Crippen LogP contribution in [0.25, 0.3) is 0 Å². The van der Waals surface area contributed by atoms with Gasteiger partial charge in [-0.05, 0) is 42.7 Å². The van der Waals surface area contributed by atoms with Crippen LogP contribution in [-0.4, -0.2) is 5.78 Å². The van der Waals surface area contributed by atoms with Gasteiger partial charge < -0.3 is 0 Å². The summed E-state index contributed by atoms with van der Waals surface area (Å²) in [6, 6.07) is 4.53. The second-order valence-corrected chi connectivity index (χ2v) is 3.52. The average molecular weight is 206 g/mol. The molecule has 80 valence electrons. The molecule has 0 heterocycles. The van der Waals surface area contributed by atoms with E-state index in [1.54, 1.807) is 12.1 Å². The van der Waals surface area contributed by atoms with Crippen LogP contribution in [-0.2, 0) is 11.2 Å². The highest BCUT2D eigenvalue weighted by Crippen LogP contribution is 2.11. The standard InChI is InChI=1S/C13H15FO/c1-3-4-5-13(15)9-11-8-12(14)7-6-10(11)2/h4-8H,3,9H2,1-2H3/b5-4+. The highest BCUT2D eigenvalue weighted by molar-refractivity contribution is 5.91. The first-order valence-electron chi connectivity index (χ1n) is 5.08. The second kappa shape index (κ2) is 5.44. The van der Waals surface area contributed by atoms with Gasteiger partial charge in [-0.2, -0.15) is 0 Å². The fraction of sp³-hybridized carbons (Fsp3) is 0.308. The van der Waals surface area contributed by atoms with Crippen molar-refractivity contribution in [3.05, 3.63) is 47.3 Å². The van der Waals surface area contributed by atoms with Gasteiger partial charge in [-0.15, -0.1) is 0 Å². The van der Waals surface area contributed by atoms with Crippen molar-refractivity contribution in [3.8, 4) is 0 Å². The van der Waals surface area contributed by atoms with Crippen molar-refractivity contribution < 1.29 is 9.18 Å². The Bertz CT molecular complexity index is 380. The summed E-state index contributed by atoms with van der Waals surface area (Å²) in [5.41, 5.74) is 1.72. The van der Waals surface area contributed by atoms with Gasteiger partial charge in [-0.1, -0.05) is 19.1 Å². The Labute approximate surface area is 89.6 Å². The number of carbonyl (C=O) groups is 1. The summed E-state index contributed by atoms with van der Waals surface area (Å²) >= 11 is 0. The molecule has 1 aromatic rings. The van der Waals surface area contributed by atoms with Crippen molar-refractivity contribution in [2.24, 2.45) is 0 Å². The van der Waals surface area contributed by atoms with Crippen LogP contribution < -0.4 is 0 Å². The van der Waals surface area contributed by atoms with E-state index in [-0.39, 0.29) is 18.0 Å². The van der Waals surface area contributed by atoms with Crippen LogP contribution in [0, 0.1) is 12.7 Å². The van der Waals surface area contributed by atoms with Gasteiger partial charge in [0, 0.05) is 6.42 Å². The number of hydrogen-bond acceptors (Lipinski definition) is 1. The van der Waals surface area contributed by atoms with E-state index in [9.17, 15) is 9.18 Å². The largest absolute Gasteiger partial charge is 0.294 e. The third-order valence-electron chi connectivity index (χ3n) is 2.22. The summed E-state index contributed by atoms with van der Waals surface area (Å²) < 4.78 is 12.9. The van der Waals surface area contributed by atoms with E-state index in [1.165, 1.54) is 12.1 Å². The first-order chi connectivity index (χ1) is 7.13. The molecule has 0 aliphatic carbocycles. The molecule has 0 fully saturated rings. The molecule has 1 nitrogen and oxygen atoms in total. The second-order valence-electron chi connectivity index (χ2n) is 3.52. The Kier molecular flexibility index (Phi) is 4.22. The molecular formula is C13H15FO. The van der Waals surface area contributed by atoms with E-state index >= 15 is 0 Å². The molecule has 0 amide bonds. The Hall–Kier alpha value is -1.44. The number of aryl methyl sites for hydroxylation is 1. The van der Waals surface area contributed by atoms with Gasteiger partial charge in [0.05, 0.1) is 0 Å². The van der Waals surface area contributed by atoms with Crippen molar-refractivity contribution in [2.45, 2.75) is 26.7 Å². The Morgan fingerprint density at radius 2 is 2.20 bits per heavy atom. The normalized spacial score (nSPS) is 10.9. The summed E-state index contributed by atoms with van der Waals surface area (Å²) in [7, 11) is 0. The predicted octanol–water partition coefficient (Wildman–Crippen LogP) is 3.21. The van der Waals surface area contributed by atoms with Crippen LogP contribution >= 0.6 is 0 Å². The van der Waals surface area contributed by atoms with Gasteiger partial charge in [0.15, 0.2) is 5.78 Å². The molecule has 2 heteroatoms. The fourth-order valence-corrected chi connectivity index (χ4v) is 1.33. The maximum atomic E-state index is 12.9. The summed E-state index contributed by atoms with van der Waals surface area (Å²) in [5, 5.41) is 0. The number of hydrogen-bond donors (Lipinski definition) is 0. The van der Waals surface area contributed by atoms with E-state index in [0.717, 1.165) is 17.5 Å². The van der Waals surface area contributed by atoms with Crippen LogP contribution in [0.5, 0.6) is 0 Å². The zero-order chi connectivity index (χ0) is 11.3. The monoisotopic (exact) mass is 206 g/mol. The predicted molar refractivity (Wildman–Crippen MR) is 59.3 cm³/mol. The van der Waals surface area contributed by atoms with Crippen molar-refractivity contribution in [2.75, 3.05) is 0 Å². The molecule has 0 atom stereocenters. The molecule has 0 N–H and O–H groups in total. The minimum Gasteiger partial charge on any atom is -0.294 e. The molecule has 0 bridgehead atoms. The van der Waals surface area contributed by atoms with Crippen molar-refractivity contribution in [3.63, 3.8) is 0 Å². The highest BCUT2D eigenvalue weighted by Gasteiger charge is 2.04. The number of benzene rings is 1. The van der Waals surface area contributed by atoms with Gasteiger partial charge in [-0.3, -0.25) is 4.79 Å². The van der Waals surface area contributed by atoms with Gasteiger partial charge in [0.25, 0.3) is 0 Å². The summed E-state index contributed by atoms with van der Waals surface area (Å²) in [5.74, 6) is -0.270. The van der Waals surface area contributed by atoms with Gasteiger partial charge in [0.2, 0.25) is 0 Å². The van der Waals surface area contributed by atoms with E-state index in [4.69, 9.17) is 0 Å². The third kappa shape index (κ3) is 3.66. The minimum absolute atomic E-state index is 0.0190. The molecule has 0 radical (unpaired) electrons. The van der Waals surface area contributed by atoms with Gasteiger partial charge in [-0.25, -0.2) is 4.39 Å². The lowest BCUT2D eigenvalue weighted by Gasteiger charge is -2.02. The molecule has 1 rings (SSSR count). The molecule has 0 saturated carbocycles. The maximum Gasteiger partial charge on any atom is 0.159 e. The lowest BCUT2D eigenvalue weighted by Crippen LogP contribution is -2.01. The van der Waals surface area contributed by atoms with Crippen LogP contribution in [0.3, 0.4) is 0 Å². The number of allylic oxidation sites excluding steroid dienone is 2. The zero-order valence-corrected chi connectivity index (χ0v) is 9.09. The molecule has 1 aromatic carbocycles. The quantitative estimate of drug-likeness (QED) is 0.691. The van der Waals surface area contributed by atoms with Crippen LogP contribution in [0.2, 0.25) is 0 Å². The van der Waals surface area contributed by atoms with E-state index in [1.807, 2.05) is 19.9 Å². The van der Waals surface area contributed by atoms with Gasteiger partial charge in [0.1, 0.15) is 5.82 Å². The molecule has 0 aromatic heterocycles. The molecule has 15 heavy (non-hydrogen) atoms. The summed E-state index contributed by atoms with van der Waals surface area (Å²) in [6.07, 6.45) is 4.50. The van der Waals surface area contributed by atoms with Crippen molar-refractivity contribution in [1.82, 2.24) is 0 Å². The Balaban J connectivity index is 2.76. The third-order valence-corrected chi connectivity index (χ3v) is 2.22. The minimum atomic E-state index is -0.289.